The van der Waals surface area contributed by atoms with Crippen LogP contribution in [0, 0.1) is 0 Å². The molecular weight excluding hydrogens is 422 g/mol. The molecule has 0 aliphatic rings. The normalized spacial score (nSPS) is 10.4. The van der Waals surface area contributed by atoms with Gasteiger partial charge in [-0.1, -0.05) is 29.8 Å². The monoisotopic (exact) mass is 439 g/mol. The fraction of sp³-hybridized carbons (Fsp3) is 0.0909. The minimum atomic E-state index is -1.23. The number of carboxylic acids is 1. The van der Waals surface area contributed by atoms with Crippen LogP contribution in [0.2, 0.25) is 5.02 Å². The molecule has 3 N–H and O–H groups in total. The van der Waals surface area contributed by atoms with Crippen LogP contribution in [0.25, 0.3) is 11.3 Å². The van der Waals surface area contributed by atoms with E-state index < -0.39 is 24.4 Å². The highest BCUT2D eigenvalue weighted by Crippen LogP contribution is 2.21. The summed E-state index contributed by atoms with van der Waals surface area (Å²) in [5, 5.41) is 14.5. The molecular formula is C22H18ClN3O5. The molecule has 0 spiro atoms. The minimum absolute atomic E-state index is 0.0845. The van der Waals surface area contributed by atoms with Crippen LogP contribution in [-0.2, 0) is 14.3 Å². The largest absolute Gasteiger partial charge is 0.478 e. The van der Waals surface area contributed by atoms with Crippen molar-refractivity contribution in [2.75, 3.05) is 23.8 Å². The van der Waals surface area contributed by atoms with E-state index in [1.54, 1.807) is 24.4 Å². The molecule has 1 heterocycles. The summed E-state index contributed by atoms with van der Waals surface area (Å²) in [5.41, 5.74) is 2.12. The summed E-state index contributed by atoms with van der Waals surface area (Å²) in [6.07, 6.45) is 1.68. The van der Waals surface area contributed by atoms with Gasteiger partial charge in [-0.2, -0.15) is 0 Å². The van der Waals surface area contributed by atoms with Crippen LogP contribution in [0.1, 0.15) is 10.4 Å². The molecule has 0 unspecified atom stereocenters. The second kappa shape index (κ2) is 10.3. The maximum absolute atomic E-state index is 12.1. The first kappa shape index (κ1) is 21.9. The van der Waals surface area contributed by atoms with E-state index in [1.165, 1.54) is 18.2 Å². The zero-order chi connectivity index (χ0) is 22.2. The SMILES string of the molecule is O=C(COCC(=O)Nc1ccc(Cl)cc1C(=O)O)Nc1cccc(-c2ccccn2)c1. The molecule has 31 heavy (non-hydrogen) atoms. The molecule has 0 saturated carbocycles. The Bertz CT molecular complexity index is 1110. The third kappa shape index (κ3) is 6.36. The Labute approximate surface area is 182 Å². The Morgan fingerprint density at radius 1 is 0.935 bits per heavy atom. The molecule has 0 aliphatic carbocycles. The van der Waals surface area contributed by atoms with Crippen molar-refractivity contribution in [1.29, 1.82) is 0 Å². The van der Waals surface area contributed by atoms with Crippen molar-refractivity contribution in [2.24, 2.45) is 0 Å². The average molecular weight is 440 g/mol. The van der Waals surface area contributed by atoms with Gasteiger partial charge in [-0.3, -0.25) is 14.6 Å². The molecule has 2 aromatic carbocycles. The molecule has 0 aliphatic heterocycles. The maximum atomic E-state index is 12.1. The lowest BCUT2D eigenvalue weighted by Gasteiger charge is -2.10. The molecule has 9 heteroatoms. The van der Waals surface area contributed by atoms with E-state index >= 15 is 0 Å². The van der Waals surface area contributed by atoms with Crippen LogP contribution in [0.3, 0.4) is 0 Å². The van der Waals surface area contributed by atoms with Gasteiger partial charge < -0.3 is 20.5 Å². The summed E-state index contributed by atoms with van der Waals surface area (Å²) in [7, 11) is 0. The Balaban J connectivity index is 1.50. The number of anilines is 2. The van der Waals surface area contributed by atoms with Gasteiger partial charge in [0.25, 0.3) is 0 Å². The number of aromatic carboxylic acids is 1. The van der Waals surface area contributed by atoms with Gasteiger partial charge in [0, 0.05) is 22.5 Å². The van der Waals surface area contributed by atoms with Crippen molar-refractivity contribution >= 4 is 40.8 Å². The van der Waals surface area contributed by atoms with E-state index in [0.717, 1.165) is 11.3 Å². The fourth-order valence-electron chi connectivity index (χ4n) is 2.71. The number of halogens is 1. The summed E-state index contributed by atoms with van der Waals surface area (Å²) >= 11 is 5.78. The summed E-state index contributed by atoms with van der Waals surface area (Å²) < 4.78 is 5.13. The van der Waals surface area contributed by atoms with Crippen LogP contribution < -0.4 is 10.6 Å². The molecule has 1 aromatic heterocycles. The van der Waals surface area contributed by atoms with Crippen LogP contribution in [0.15, 0.2) is 66.9 Å². The van der Waals surface area contributed by atoms with Crippen molar-refractivity contribution < 1.29 is 24.2 Å². The van der Waals surface area contributed by atoms with Gasteiger partial charge in [0.15, 0.2) is 0 Å². The molecule has 0 radical (unpaired) electrons. The Morgan fingerprint density at radius 2 is 1.71 bits per heavy atom. The third-order valence-corrected chi connectivity index (χ3v) is 4.29. The lowest BCUT2D eigenvalue weighted by Crippen LogP contribution is -2.24. The number of rotatable bonds is 8. The first-order valence-electron chi connectivity index (χ1n) is 9.14. The van der Waals surface area contributed by atoms with Gasteiger partial charge in [-0.05, 0) is 42.5 Å². The highest BCUT2D eigenvalue weighted by molar-refractivity contribution is 6.31. The number of benzene rings is 2. The fourth-order valence-corrected chi connectivity index (χ4v) is 2.88. The quantitative estimate of drug-likeness (QED) is 0.492. The smallest absolute Gasteiger partial charge is 0.337 e. The number of ether oxygens (including phenoxy) is 1. The van der Waals surface area contributed by atoms with Crippen molar-refractivity contribution in [3.8, 4) is 11.3 Å². The molecule has 0 atom stereocenters. The second-order valence-electron chi connectivity index (χ2n) is 6.38. The molecule has 158 valence electrons. The lowest BCUT2D eigenvalue weighted by atomic mass is 10.1. The van der Waals surface area contributed by atoms with E-state index in [9.17, 15) is 19.5 Å². The number of nitrogens with zero attached hydrogens (tertiary/aromatic N) is 1. The summed E-state index contributed by atoms with van der Waals surface area (Å²) in [6, 6.07) is 16.8. The summed E-state index contributed by atoms with van der Waals surface area (Å²) in [4.78, 5) is 39.6. The Hall–Kier alpha value is -3.75. The maximum Gasteiger partial charge on any atom is 0.337 e. The number of hydrogen-bond acceptors (Lipinski definition) is 5. The van der Waals surface area contributed by atoms with Crippen molar-refractivity contribution in [1.82, 2.24) is 4.98 Å². The first-order valence-corrected chi connectivity index (χ1v) is 9.52. The van der Waals surface area contributed by atoms with Crippen LogP contribution in [0.4, 0.5) is 11.4 Å². The predicted octanol–water partition coefficient (Wildman–Crippen LogP) is 3.69. The molecule has 0 bridgehead atoms. The van der Waals surface area contributed by atoms with Crippen LogP contribution in [-0.4, -0.2) is 41.1 Å². The zero-order valence-corrected chi connectivity index (χ0v) is 16.9. The van der Waals surface area contributed by atoms with Crippen LogP contribution in [0.5, 0.6) is 0 Å². The molecule has 8 nitrogen and oxygen atoms in total. The number of carbonyl (C=O) groups excluding carboxylic acids is 2. The topological polar surface area (TPSA) is 118 Å². The number of carbonyl (C=O) groups is 3. The second-order valence-corrected chi connectivity index (χ2v) is 6.82. The highest BCUT2D eigenvalue weighted by Gasteiger charge is 2.14. The number of nitrogens with one attached hydrogen (secondary N) is 2. The van der Waals surface area contributed by atoms with Crippen molar-refractivity contribution in [2.45, 2.75) is 0 Å². The van der Waals surface area contributed by atoms with Gasteiger partial charge in [0.1, 0.15) is 13.2 Å². The molecule has 0 saturated heterocycles. The predicted molar refractivity (Wildman–Crippen MR) is 116 cm³/mol. The average Bonchev–Trinajstić information content (AvgIpc) is 2.75. The number of pyridine rings is 1. The molecule has 3 aromatic rings. The molecule has 2 amide bonds. The molecule has 3 rings (SSSR count). The van der Waals surface area contributed by atoms with Gasteiger partial charge >= 0.3 is 5.97 Å². The zero-order valence-electron chi connectivity index (χ0n) is 16.2. The van der Waals surface area contributed by atoms with Crippen molar-refractivity contribution in [3.63, 3.8) is 0 Å². The summed E-state index contributed by atoms with van der Waals surface area (Å²) in [5.74, 6) is -2.27. The third-order valence-electron chi connectivity index (χ3n) is 4.06. The number of carboxylic acid groups (broad SMARTS) is 1. The van der Waals surface area contributed by atoms with E-state index in [2.05, 4.69) is 15.6 Å². The lowest BCUT2D eigenvalue weighted by molar-refractivity contribution is -0.125. The first-order chi connectivity index (χ1) is 14.9. The van der Waals surface area contributed by atoms with E-state index in [4.69, 9.17) is 16.3 Å². The summed E-state index contributed by atoms with van der Waals surface area (Å²) in [6.45, 7) is -0.781. The Kier molecular flexibility index (Phi) is 7.31. The molecule has 0 fully saturated rings. The van der Waals surface area contributed by atoms with Gasteiger partial charge in [-0.15, -0.1) is 0 Å². The number of amides is 2. The standard InChI is InChI=1S/C22H18ClN3O5/c23-15-7-8-19(17(11-15)22(29)30)26-21(28)13-31-12-20(27)25-16-5-3-4-14(10-16)18-6-1-2-9-24-18/h1-11H,12-13H2,(H,25,27)(H,26,28)(H,29,30). The minimum Gasteiger partial charge on any atom is -0.478 e. The number of aromatic nitrogens is 1. The Morgan fingerprint density at radius 3 is 2.42 bits per heavy atom. The van der Waals surface area contributed by atoms with Gasteiger partial charge in [-0.25, -0.2) is 4.79 Å². The van der Waals surface area contributed by atoms with Crippen molar-refractivity contribution in [3.05, 3.63) is 77.4 Å². The van der Waals surface area contributed by atoms with E-state index in [-0.39, 0.29) is 22.9 Å². The van der Waals surface area contributed by atoms with E-state index in [0.29, 0.717) is 5.69 Å². The number of hydrogen-bond donors (Lipinski definition) is 3. The van der Waals surface area contributed by atoms with Gasteiger partial charge in [0.2, 0.25) is 11.8 Å². The van der Waals surface area contributed by atoms with Crippen LogP contribution >= 0.6 is 11.6 Å². The highest BCUT2D eigenvalue weighted by atomic mass is 35.5. The van der Waals surface area contributed by atoms with E-state index in [1.807, 2.05) is 24.3 Å². The van der Waals surface area contributed by atoms with Gasteiger partial charge in [0.05, 0.1) is 16.9 Å².